The molecule has 0 aliphatic heterocycles. The van der Waals surface area contributed by atoms with E-state index in [4.69, 9.17) is 9.90 Å². The number of benzene rings is 1. The molecule has 1 aromatic heterocycles. The standard InChI is InChI=1S/C13H13NO.C2H4O2/c1-9-5-6-11(10(2)8-9)13(15)12-4-3-7-14-12;1-2(3)4/h3-8,14H,1-2H3;1H3,(H,3,4). The molecular weight excluding hydrogens is 242 g/mol. The third kappa shape index (κ3) is 4.43. The molecule has 2 N–H and O–H groups in total. The molecule has 0 unspecified atom stereocenters. The summed E-state index contributed by atoms with van der Waals surface area (Å²) < 4.78 is 0. The molecule has 0 spiro atoms. The van der Waals surface area contributed by atoms with E-state index in [1.807, 2.05) is 38.1 Å². The number of rotatable bonds is 2. The Hall–Kier alpha value is -2.36. The summed E-state index contributed by atoms with van der Waals surface area (Å²) in [5, 5.41) is 7.42. The third-order valence-corrected chi connectivity index (χ3v) is 2.47. The van der Waals surface area contributed by atoms with Crippen molar-refractivity contribution in [2.45, 2.75) is 20.8 Å². The summed E-state index contributed by atoms with van der Waals surface area (Å²) in [5.74, 6) is -0.780. The predicted molar refractivity (Wildman–Crippen MR) is 73.5 cm³/mol. The number of ketones is 1. The Bertz CT molecular complexity index is 567. The van der Waals surface area contributed by atoms with E-state index in [0.29, 0.717) is 5.69 Å². The number of aromatic amines is 1. The Kier molecular flexibility index (Phi) is 5.06. The molecule has 0 radical (unpaired) electrons. The number of nitrogens with one attached hydrogen (secondary N) is 1. The van der Waals surface area contributed by atoms with Gasteiger partial charge in [0.25, 0.3) is 5.97 Å². The summed E-state index contributed by atoms with van der Waals surface area (Å²) in [6.07, 6.45) is 1.76. The maximum atomic E-state index is 12.0. The van der Waals surface area contributed by atoms with Crippen LogP contribution >= 0.6 is 0 Å². The van der Waals surface area contributed by atoms with Crippen LogP contribution in [0.5, 0.6) is 0 Å². The van der Waals surface area contributed by atoms with Gasteiger partial charge >= 0.3 is 0 Å². The average Bonchev–Trinajstić information content (AvgIpc) is 2.80. The lowest BCUT2D eigenvalue weighted by molar-refractivity contribution is -0.134. The van der Waals surface area contributed by atoms with Gasteiger partial charge in [0.15, 0.2) is 0 Å². The normalized spacial score (nSPS) is 9.42. The first-order valence-corrected chi connectivity index (χ1v) is 5.86. The highest BCUT2D eigenvalue weighted by molar-refractivity contribution is 6.08. The molecule has 0 bridgehead atoms. The Morgan fingerprint density at radius 2 is 1.79 bits per heavy atom. The minimum atomic E-state index is -0.833. The highest BCUT2D eigenvalue weighted by Crippen LogP contribution is 2.14. The van der Waals surface area contributed by atoms with E-state index in [1.54, 1.807) is 12.3 Å². The van der Waals surface area contributed by atoms with Gasteiger partial charge in [0.1, 0.15) is 0 Å². The molecule has 0 atom stereocenters. The number of aromatic nitrogens is 1. The first kappa shape index (κ1) is 14.7. The summed E-state index contributed by atoms with van der Waals surface area (Å²) in [5.41, 5.74) is 3.61. The van der Waals surface area contributed by atoms with Crippen LogP contribution in [0.1, 0.15) is 34.1 Å². The summed E-state index contributed by atoms with van der Waals surface area (Å²) >= 11 is 0. The second-order valence-electron chi connectivity index (χ2n) is 4.25. The first-order valence-electron chi connectivity index (χ1n) is 5.86. The Morgan fingerprint density at radius 1 is 1.16 bits per heavy atom. The number of H-pyrrole nitrogens is 1. The van der Waals surface area contributed by atoms with Crippen LogP contribution in [-0.2, 0) is 4.79 Å². The van der Waals surface area contributed by atoms with Crippen molar-refractivity contribution in [3.63, 3.8) is 0 Å². The fraction of sp³-hybridized carbons (Fsp3) is 0.200. The Labute approximate surface area is 112 Å². The van der Waals surface area contributed by atoms with E-state index in [1.165, 1.54) is 5.56 Å². The van der Waals surface area contributed by atoms with Gasteiger partial charge in [-0.15, -0.1) is 0 Å². The highest BCUT2D eigenvalue weighted by atomic mass is 16.4. The second kappa shape index (κ2) is 6.54. The first-order chi connectivity index (χ1) is 8.91. The van der Waals surface area contributed by atoms with Crippen molar-refractivity contribution < 1.29 is 14.7 Å². The minimum Gasteiger partial charge on any atom is -0.481 e. The number of carbonyl (C=O) groups excluding carboxylic acids is 1. The van der Waals surface area contributed by atoms with Gasteiger partial charge in [0.2, 0.25) is 5.78 Å². The summed E-state index contributed by atoms with van der Waals surface area (Å²) in [6.45, 7) is 5.07. The maximum absolute atomic E-state index is 12.0. The summed E-state index contributed by atoms with van der Waals surface area (Å²) in [4.78, 5) is 23.9. The average molecular weight is 259 g/mol. The minimum absolute atomic E-state index is 0.0532. The van der Waals surface area contributed by atoms with Crippen molar-refractivity contribution in [2.75, 3.05) is 0 Å². The molecule has 2 aromatic rings. The van der Waals surface area contributed by atoms with Gasteiger partial charge < -0.3 is 10.1 Å². The molecule has 19 heavy (non-hydrogen) atoms. The van der Waals surface area contributed by atoms with Crippen LogP contribution in [0.15, 0.2) is 36.5 Å². The monoisotopic (exact) mass is 259 g/mol. The number of carboxylic acids is 1. The topological polar surface area (TPSA) is 70.2 Å². The van der Waals surface area contributed by atoms with Gasteiger partial charge in [0, 0.05) is 18.7 Å². The van der Waals surface area contributed by atoms with Gasteiger partial charge in [-0.3, -0.25) is 9.59 Å². The number of carbonyl (C=O) groups is 2. The van der Waals surface area contributed by atoms with Crippen LogP contribution in [-0.4, -0.2) is 21.8 Å². The van der Waals surface area contributed by atoms with Gasteiger partial charge in [-0.05, 0) is 31.5 Å². The molecule has 4 nitrogen and oxygen atoms in total. The molecular formula is C15H17NO3. The molecule has 0 fully saturated rings. The smallest absolute Gasteiger partial charge is 0.300 e. The Morgan fingerprint density at radius 3 is 2.26 bits per heavy atom. The zero-order valence-corrected chi connectivity index (χ0v) is 11.2. The lowest BCUT2D eigenvalue weighted by Crippen LogP contribution is -2.04. The van der Waals surface area contributed by atoms with Crippen LogP contribution in [0.25, 0.3) is 0 Å². The number of aliphatic carboxylic acids is 1. The zero-order chi connectivity index (χ0) is 14.4. The van der Waals surface area contributed by atoms with E-state index in [2.05, 4.69) is 4.98 Å². The SMILES string of the molecule is CC(=O)O.Cc1ccc(C(=O)c2ccc[nH]2)c(C)c1. The van der Waals surface area contributed by atoms with Crippen molar-refractivity contribution in [2.24, 2.45) is 0 Å². The van der Waals surface area contributed by atoms with E-state index in [0.717, 1.165) is 18.1 Å². The van der Waals surface area contributed by atoms with Gasteiger partial charge in [-0.1, -0.05) is 23.8 Å². The van der Waals surface area contributed by atoms with Crippen LogP contribution in [0.2, 0.25) is 0 Å². The number of hydrogen-bond donors (Lipinski definition) is 2. The van der Waals surface area contributed by atoms with Crippen molar-refractivity contribution in [1.29, 1.82) is 0 Å². The molecule has 0 aliphatic rings. The van der Waals surface area contributed by atoms with Crippen LogP contribution in [0.4, 0.5) is 0 Å². The van der Waals surface area contributed by atoms with E-state index >= 15 is 0 Å². The predicted octanol–water partition coefficient (Wildman–Crippen LogP) is 2.95. The fourth-order valence-corrected chi connectivity index (χ4v) is 1.69. The van der Waals surface area contributed by atoms with Crippen molar-refractivity contribution in [3.05, 3.63) is 58.9 Å². The van der Waals surface area contributed by atoms with E-state index < -0.39 is 5.97 Å². The number of carboxylic acid groups (broad SMARTS) is 1. The molecule has 2 rings (SSSR count). The van der Waals surface area contributed by atoms with Gasteiger partial charge in [-0.25, -0.2) is 0 Å². The molecule has 0 amide bonds. The summed E-state index contributed by atoms with van der Waals surface area (Å²) in [7, 11) is 0. The molecule has 4 heteroatoms. The highest BCUT2D eigenvalue weighted by Gasteiger charge is 2.11. The Balaban J connectivity index is 0.000000399. The molecule has 100 valence electrons. The maximum Gasteiger partial charge on any atom is 0.300 e. The lowest BCUT2D eigenvalue weighted by atomic mass is 10.0. The van der Waals surface area contributed by atoms with Gasteiger partial charge in [-0.2, -0.15) is 0 Å². The lowest BCUT2D eigenvalue weighted by Gasteiger charge is -2.04. The molecule has 0 saturated heterocycles. The molecule has 1 aromatic carbocycles. The summed E-state index contributed by atoms with van der Waals surface area (Å²) in [6, 6.07) is 9.49. The molecule has 1 heterocycles. The molecule has 0 saturated carbocycles. The van der Waals surface area contributed by atoms with Gasteiger partial charge in [0.05, 0.1) is 5.69 Å². The van der Waals surface area contributed by atoms with E-state index in [9.17, 15) is 4.79 Å². The van der Waals surface area contributed by atoms with Crippen LogP contribution in [0, 0.1) is 13.8 Å². The van der Waals surface area contributed by atoms with Crippen LogP contribution in [0.3, 0.4) is 0 Å². The van der Waals surface area contributed by atoms with Crippen molar-refractivity contribution >= 4 is 11.8 Å². The molecule has 0 aliphatic carbocycles. The van der Waals surface area contributed by atoms with Crippen LogP contribution < -0.4 is 0 Å². The second-order valence-corrected chi connectivity index (χ2v) is 4.25. The van der Waals surface area contributed by atoms with Crippen molar-refractivity contribution in [1.82, 2.24) is 4.98 Å². The van der Waals surface area contributed by atoms with E-state index in [-0.39, 0.29) is 5.78 Å². The fourth-order valence-electron chi connectivity index (χ4n) is 1.69. The number of aryl methyl sites for hydroxylation is 2. The third-order valence-electron chi connectivity index (χ3n) is 2.47. The number of hydrogen-bond acceptors (Lipinski definition) is 2. The zero-order valence-electron chi connectivity index (χ0n) is 11.2. The van der Waals surface area contributed by atoms with Crippen molar-refractivity contribution in [3.8, 4) is 0 Å². The quantitative estimate of drug-likeness (QED) is 0.814. The largest absolute Gasteiger partial charge is 0.481 e.